The van der Waals surface area contributed by atoms with Gasteiger partial charge in [-0.15, -0.1) is 0 Å². The van der Waals surface area contributed by atoms with Crippen molar-refractivity contribution in [3.05, 3.63) is 58.2 Å². The van der Waals surface area contributed by atoms with E-state index in [0.29, 0.717) is 13.0 Å². The number of carbonyl (C=O) groups is 1. The lowest BCUT2D eigenvalue weighted by atomic mass is 10.1. The maximum absolute atomic E-state index is 12.2. The molecule has 1 aromatic heterocycles. The lowest BCUT2D eigenvalue weighted by molar-refractivity contribution is -0.115. The molecule has 0 bridgehead atoms. The number of benzene rings is 2. The summed E-state index contributed by atoms with van der Waals surface area (Å²) < 4.78 is 6.32. The molecule has 0 fully saturated rings. The fourth-order valence-electron chi connectivity index (χ4n) is 2.47. The second-order valence-electron chi connectivity index (χ2n) is 5.93. The van der Waals surface area contributed by atoms with E-state index in [2.05, 4.69) is 26.4 Å². The molecule has 0 atom stereocenters. The van der Waals surface area contributed by atoms with Crippen LogP contribution in [0.25, 0.3) is 11.0 Å². The number of anilines is 1. The number of nitrogens with one attached hydrogen (secondary N) is 1. The summed E-state index contributed by atoms with van der Waals surface area (Å²) in [5.41, 5.74) is 3.29. The molecule has 24 heavy (non-hydrogen) atoms. The highest BCUT2D eigenvalue weighted by Gasteiger charge is 2.11. The summed E-state index contributed by atoms with van der Waals surface area (Å²) in [7, 11) is 3.95. The highest BCUT2D eigenvalue weighted by molar-refractivity contribution is 9.10. The molecule has 0 saturated carbocycles. The van der Waals surface area contributed by atoms with Gasteiger partial charge in [0, 0.05) is 22.1 Å². The van der Waals surface area contributed by atoms with Crippen LogP contribution in [0.2, 0.25) is 0 Å². The Balaban J connectivity index is 1.74. The van der Waals surface area contributed by atoms with Crippen molar-refractivity contribution >= 4 is 38.5 Å². The first kappa shape index (κ1) is 16.7. The lowest BCUT2D eigenvalue weighted by Gasteiger charge is -2.07. The van der Waals surface area contributed by atoms with Gasteiger partial charge in [0.25, 0.3) is 0 Å². The number of fused-ring (bicyclic) bond motifs is 1. The van der Waals surface area contributed by atoms with Crippen LogP contribution in [0.5, 0.6) is 0 Å². The van der Waals surface area contributed by atoms with Crippen LogP contribution in [-0.2, 0) is 17.8 Å². The highest BCUT2D eigenvalue weighted by atomic mass is 79.9. The predicted molar refractivity (Wildman–Crippen MR) is 97.9 cm³/mol. The van der Waals surface area contributed by atoms with Crippen molar-refractivity contribution in [3.63, 3.8) is 0 Å². The normalized spacial score (nSPS) is 11.2. The molecular formula is C18H18BrN3O2. The molecule has 0 aliphatic rings. The van der Waals surface area contributed by atoms with E-state index in [9.17, 15) is 4.79 Å². The van der Waals surface area contributed by atoms with Gasteiger partial charge in [-0.05, 0) is 50.0 Å². The number of rotatable bonds is 5. The average molecular weight is 388 g/mol. The standard InChI is InChI=1S/C18H18BrN3O2/c1-22(2)11-16-15-10-14(7-8-17(15)24-21-16)20-18(23)9-12-3-5-13(19)6-4-12/h3-8,10H,9,11H2,1-2H3,(H,20,23). The lowest BCUT2D eigenvalue weighted by Crippen LogP contribution is -2.14. The number of nitrogens with zero attached hydrogens (tertiary/aromatic N) is 2. The number of aromatic nitrogens is 1. The van der Waals surface area contributed by atoms with E-state index < -0.39 is 0 Å². The van der Waals surface area contributed by atoms with Gasteiger partial charge in [-0.3, -0.25) is 4.79 Å². The zero-order chi connectivity index (χ0) is 17.1. The van der Waals surface area contributed by atoms with E-state index in [1.54, 1.807) is 0 Å². The van der Waals surface area contributed by atoms with Gasteiger partial charge in [0.15, 0.2) is 5.58 Å². The minimum atomic E-state index is -0.0534. The van der Waals surface area contributed by atoms with Crippen LogP contribution in [0.1, 0.15) is 11.3 Å². The van der Waals surface area contributed by atoms with Gasteiger partial charge in [0.2, 0.25) is 5.91 Å². The summed E-state index contributed by atoms with van der Waals surface area (Å²) in [4.78, 5) is 14.3. The Morgan fingerprint density at radius 2 is 1.96 bits per heavy atom. The largest absolute Gasteiger partial charge is 0.356 e. The molecule has 1 N–H and O–H groups in total. The van der Waals surface area contributed by atoms with E-state index in [1.807, 2.05) is 61.5 Å². The van der Waals surface area contributed by atoms with E-state index in [0.717, 1.165) is 32.4 Å². The topological polar surface area (TPSA) is 58.4 Å². The molecule has 0 radical (unpaired) electrons. The summed E-state index contributed by atoms with van der Waals surface area (Å²) >= 11 is 3.39. The van der Waals surface area contributed by atoms with Crippen LogP contribution < -0.4 is 5.32 Å². The minimum Gasteiger partial charge on any atom is -0.356 e. The first-order chi connectivity index (χ1) is 11.5. The number of hydrogen-bond acceptors (Lipinski definition) is 4. The zero-order valence-corrected chi connectivity index (χ0v) is 15.1. The van der Waals surface area contributed by atoms with Crippen LogP contribution in [0.15, 0.2) is 51.5 Å². The Hall–Kier alpha value is -2.18. The predicted octanol–water partition coefficient (Wildman–Crippen LogP) is 3.83. The summed E-state index contributed by atoms with van der Waals surface area (Å²) in [6.07, 6.45) is 0.333. The number of carbonyl (C=O) groups excluding carboxylic acids is 1. The Morgan fingerprint density at radius 1 is 1.21 bits per heavy atom. The first-order valence-electron chi connectivity index (χ1n) is 7.58. The van der Waals surface area contributed by atoms with Crippen molar-refractivity contribution in [1.29, 1.82) is 0 Å². The van der Waals surface area contributed by atoms with E-state index in [4.69, 9.17) is 4.52 Å². The molecule has 6 heteroatoms. The van der Waals surface area contributed by atoms with Crippen LogP contribution in [0, 0.1) is 0 Å². The third kappa shape index (κ3) is 4.01. The Bertz CT molecular complexity index is 856. The molecule has 3 rings (SSSR count). The van der Waals surface area contributed by atoms with Crippen LogP contribution in [-0.4, -0.2) is 30.1 Å². The quantitative estimate of drug-likeness (QED) is 0.722. The smallest absolute Gasteiger partial charge is 0.228 e. The average Bonchev–Trinajstić information content (AvgIpc) is 2.91. The number of halogens is 1. The Kier molecular flexibility index (Phi) is 4.97. The van der Waals surface area contributed by atoms with Crippen molar-refractivity contribution in [2.24, 2.45) is 0 Å². The second kappa shape index (κ2) is 7.15. The Labute approximate surface area is 148 Å². The highest BCUT2D eigenvalue weighted by Crippen LogP contribution is 2.23. The third-order valence-corrected chi connectivity index (χ3v) is 4.10. The van der Waals surface area contributed by atoms with Crippen LogP contribution >= 0.6 is 15.9 Å². The molecule has 124 valence electrons. The molecule has 0 unspecified atom stereocenters. The molecule has 0 aliphatic heterocycles. The summed E-state index contributed by atoms with van der Waals surface area (Å²) in [6.45, 7) is 0.684. The van der Waals surface area contributed by atoms with Crippen LogP contribution in [0.3, 0.4) is 0 Å². The molecule has 1 amide bonds. The van der Waals surface area contributed by atoms with Crippen molar-refractivity contribution in [1.82, 2.24) is 10.1 Å². The maximum Gasteiger partial charge on any atom is 0.228 e. The van der Waals surface area contributed by atoms with Gasteiger partial charge in [0.1, 0.15) is 5.69 Å². The summed E-state index contributed by atoms with van der Waals surface area (Å²) in [6, 6.07) is 13.3. The van der Waals surface area contributed by atoms with Gasteiger partial charge in [-0.25, -0.2) is 0 Å². The third-order valence-electron chi connectivity index (χ3n) is 3.57. The fourth-order valence-corrected chi connectivity index (χ4v) is 2.74. The monoisotopic (exact) mass is 387 g/mol. The fraction of sp³-hybridized carbons (Fsp3) is 0.222. The van der Waals surface area contributed by atoms with E-state index in [-0.39, 0.29) is 5.91 Å². The molecular weight excluding hydrogens is 370 g/mol. The SMILES string of the molecule is CN(C)Cc1noc2ccc(NC(=O)Cc3ccc(Br)cc3)cc12. The van der Waals surface area contributed by atoms with Gasteiger partial charge >= 0.3 is 0 Å². The summed E-state index contributed by atoms with van der Waals surface area (Å²) in [5, 5.41) is 7.95. The molecule has 5 nitrogen and oxygen atoms in total. The zero-order valence-electron chi connectivity index (χ0n) is 13.5. The molecule has 0 aliphatic carbocycles. The molecule has 3 aromatic rings. The molecule has 2 aromatic carbocycles. The van der Waals surface area contributed by atoms with Crippen molar-refractivity contribution in [2.45, 2.75) is 13.0 Å². The molecule has 0 saturated heterocycles. The second-order valence-corrected chi connectivity index (χ2v) is 6.85. The van der Waals surface area contributed by atoms with E-state index in [1.165, 1.54) is 0 Å². The number of hydrogen-bond donors (Lipinski definition) is 1. The Morgan fingerprint density at radius 3 is 2.67 bits per heavy atom. The first-order valence-corrected chi connectivity index (χ1v) is 8.38. The van der Waals surface area contributed by atoms with Gasteiger partial charge in [-0.2, -0.15) is 0 Å². The van der Waals surface area contributed by atoms with Gasteiger partial charge in [0.05, 0.1) is 6.42 Å². The van der Waals surface area contributed by atoms with E-state index >= 15 is 0 Å². The van der Waals surface area contributed by atoms with Crippen molar-refractivity contribution in [3.8, 4) is 0 Å². The van der Waals surface area contributed by atoms with Crippen molar-refractivity contribution < 1.29 is 9.32 Å². The summed E-state index contributed by atoms with van der Waals surface area (Å²) in [5.74, 6) is -0.0534. The van der Waals surface area contributed by atoms with Gasteiger partial charge in [-0.1, -0.05) is 33.2 Å². The van der Waals surface area contributed by atoms with Crippen molar-refractivity contribution in [2.75, 3.05) is 19.4 Å². The minimum absolute atomic E-state index is 0.0534. The van der Waals surface area contributed by atoms with Gasteiger partial charge < -0.3 is 14.7 Å². The maximum atomic E-state index is 12.2. The molecule has 1 heterocycles. The number of amides is 1. The van der Waals surface area contributed by atoms with Crippen LogP contribution in [0.4, 0.5) is 5.69 Å². The molecule has 0 spiro atoms.